The molecular weight excluding hydrogens is 363 g/mol. The van der Waals surface area contributed by atoms with E-state index in [4.69, 9.17) is 27.9 Å². The highest BCUT2D eigenvalue weighted by atomic mass is 35.5. The Morgan fingerprint density at radius 1 is 1.16 bits per heavy atom. The Balaban J connectivity index is 1.51. The summed E-state index contributed by atoms with van der Waals surface area (Å²) in [5.74, 6) is -0.247. The molecule has 0 aromatic heterocycles. The number of benzene rings is 1. The standard InChI is InChI=1S/C18H22Cl2N2O3/c19-13-6-7-14(15(20)10-13)17(23)21-18(24)25-11-12-4-3-9-22-8-2-1-5-16(12)22/h6-7,10,12,16H,1-5,8-9,11H2,(H,21,23,24). The molecule has 2 aliphatic heterocycles. The summed E-state index contributed by atoms with van der Waals surface area (Å²) in [5, 5.41) is 2.85. The fourth-order valence-corrected chi connectivity index (χ4v) is 4.32. The Morgan fingerprint density at radius 2 is 1.96 bits per heavy atom. The van der Waals surface area contributed by atoms with Gasteiger partial charge in [-0.25, -0.2) is 4.79 Å². The molecule has 136 valence electrons. The predicted molar refractivity (Wildman–Crippen MR) is 97.2 cm³/mol. The van der Waals surface area contributed by atoms with Crippen LogP contribution in [0.3, 0.4) is 0 Å². The van der Waals surface area contributed by atoms with Crippen molar-refractivity contribution in [2.24, 2.45) is 5.92 Å². The minimum Gasteiger partial charge on any atom is -0.449 e. The number of carbonyl (C=O) groups is 2. The van der Waals surface area contributed by atoms with E-state index in [1.54, 1.807) is 6.07 Å². The Kier molecular flexibility index (Phi) is 6.20. The summed E-state index contributed by atoms with van der Waals surface area (Å²) >= 11 is 11.8. The molecule has 0 aliphatic carbocycles. The first kappa shape index (κ1) is 18.5. The fourth-order valence-electron chi connectivity index (χ4n) is 3.82. The van der Waals surface area contributed by atoms with Gasteiger partial charge in [-0.3, -0.25) is 15.0 Å². The van der Waals surface area contributed by atoms with Crippen molar-refractivity contribution in [1.82, 2.24) is 10.2 Å². The van der Waals surface area contributed by atoms with E-state index in [2.05, 4.69) is 10.2 Å². The van der Waals surface area contributed by atoms with Crippen molar-refractivity contribution in [2.75, 3.05) is 19.7 Å². The van der Waals surface area contributed by atoms with Crippen molar-refractivity contribution in [3.63, 3.8) is 0 Å². The number of alkyl carbamates (subject to hydrolysis) is 1. The number of ether oxygens (including phenoxy) is 1. The van der Waals surface area contributed by atoms with E-state index in [1.165, 1.54) is 25.0 Å². The van der Waals surface area contributed by atoms with Gasteiger partial charge in [0, 0.05) is 17.0 Å². The largest absolute Gasteiger partial charge is 0.449 e. The van der Waals surface area contributed by atoms with Gasteiger partial charge in [-0.2, -0.15) is 0 Å². The van der Waals surface area contributed by atoms with E-state index in [1.807, 2.05) is 0 Å². The second-order valence-electron chi connectivity index (χ2n) is 6.68. The lowest BCUT2D eigenvalue weighted by Gasteiger charge is -2.44. The molecule has 1 aromatic rings. The van der Waals surface area contributed by atoms with E-state index >= 15 is 0 Å². The van der Waals surface area contributed by atoms with Gasteiger partial charge in [-0.05, 0) is 57.0 Å². The van der Waals surface area contributed by atoms with E-state index < -0.39 is 12.0 Å². The van der Waals surface area contributed by atoms with Crippen LogP contribution >= 0.6 is 23.2 Å². The Labute approximate surface area is 157 Å². The summed E-state index contributed by atoms with van der Waals surface area (Å²) in [5.41, 5.74) is 0.194. The van der Waals surface area contributed by atoms with Gasteiger partial charge in [-0.1, -0.05) is 29.6 Å². The molecule has 2 fully saturated rings. The van der Waals surface area contributed by atoms with E-state index in [0.717, 1.165) is 32.4 Å². The van der Waals surface area contributed by atoms with Crippen molar-refractivity contribution < 1.29 is 14.3 Å². The molecule has 5 nitrogen and oxygen atoms in total. The molecule has 1 N–H and O–H groups in total. The third kappa shape index (κ3) is 4.66. The van der Waals surface area contributed by atoms with Crippen LogP contribution in [-0.4, -0.2) is 42.6 Å². The molecule has 2 aliphatic rings. The molecule has 2 saturated heterocycles. The van der Waals surface area contributed by atoms with Gasteiger partial charge < -0.3 is 4.74 Å². The van der Waals surface area contributed by atoms with E-state index in [0.29, 0.717) is 23.6 Å². The van der Waals surface area contributed by atoms with Crippen LogP contribution < -0.4 is 5.32 Å². The van der Waals surface area contributed by atoms with Gasteiger partial charge in [-0.15, -0.1) is 0 Å². The van der Waals surface area contributed by atoms with Crippen LogP contribution in [0, 0.1) is 5.92 Å². The number of amides is 2. The summed E-state index contributed by atoms with van der Waals surface area (Å²) in [7, 11) is 0. The van der Waals surface area contributed by atoms with Gasteiger partial charge in [0.1, 0.15) is 0 Å². The topological polar surface area (TPSA) is 58.6 Å². The van der Waals surface area contributed by atoms with Gasteiger partial charge in [0.05, 0.1) is 17.2 Å². The van der Waals surface area contributed by atoms with Crippen LogP contribution in [0.4, 0.5) is 4.79 Å². The number of piperidine rings is 2. The molecule has 2 heterocycles. The monoisotopic (exact) mass is 384 g/mol. The highest BCUT2D eigenvalue weighted by Gasteiger charge is 2.33. The molecule has 2 unspecified atom stereocenters. The number of hydrogen-bond acceptors (Lipinski definition) is 4. The van der Waals surface area contributed by atoms with Crippen LogP contribution in [0.5, 0.6) is 0 Å². The van der Waals surface area contributed by atoms with E-state index in [-0.39, 0.29) is 10.6 Å². The maximum atomic E-state index is 12.1. The van der Waals surface area contributed by atoms with Crippen LogP contribution in [0.2, 0.25) is 10.0 Å². The smallest absolute Gasteiger partial charge is 0.414 e. The summed E-state index contributed by atoms with van der Waals surface area (Å²) in [4.78, 5) is 26.6. The summed E-state index contributed by atoms with van der Waals surface area (Å²) in [6.07, 6.45) is 5.11. The lowest BCUT2D eigenvalue weighted by atomic mass is 9.84. The first-order chi connectivity index (χ1) is 12.0. The lowest BCUT2D eigenvalue weighted by molar-refractivity contribution is 0.0235. The fraction of sp³-hybridized carbons (Fsp3) is 0.556. The second kappa shape index (κ2) is 8.39. The highest BCUT2D eigenvalue weighted by molar-refractivity contribution is 6.37. The van der Waals surface area contributed by atoms with Crippen LogP contribution in [0.15, 0.2) is 18.2 Å². The zero-order chi connectivity index (χ0) is 17.8. The average Bonchev–Trinajstić information content (AvgIpc) is 2.59. The van der Waals surface area contributed by atoms with Gasteiger partial charge in [0.25, 0.3) is 5.91 Å². The molecule has 2 amide bonds. The minimum absolute atomic E-state index is 0.194. The number of rotatable bonds is 3. The van der Waals surface area contributed by atoms with Gasteiger partial charge in [0.15, 0.2) is 0 Å². The van der Waals surface area contributed by atoms with Crippen molar-refractivity contribution in [1.29, 1.82) is 0 Å². The van der Waals surface area contributed by atoms with Crippen LogP contribution in [-0.2, 0) is 4.74 Å². The molecule has 0 bridgehead atoms. The van der Waals surface area contributed by atoms with Crippen molar-refractivity contribution in [3.05, 3.63) is 33.8 Å². The molecule has 1 aromatic carbocycles. The third-order valence-electron chi connectivity index (χ3n) is 5.05. The molecule has 25 heavy (non-hydrogen) atoms. The zero-order valence-electron chi connectivity index (χ0n) is 14.0. The number of imide groups is 1. The van der Waals surface area contributed by atoms with Crippen LogP contribution in [0.25, 0.3) is 0 Å². The van der Waals surface area contributed by atoms with Crippen LogP contribution in [0.1, 0.15) is 42.5 Å². The number of halogens is 2. The first-order valence-electron chi connectivity index (χ1n) is 8.72. The molecule has 3 rings (SSSR count). The molecule has 0 radical (unpaired) electrons. The van der Waals surface area contributed by atoms with Crippen molar-refractivity contribution >= 4 is 35.2 Å². The van der Waals surface area contributed by atoms with Crippen molar-refractivity contribution in [3.8, 4) is 0 Å². The molecule has 7 heteroatoms. The number of nitrogens with one attached hydrogen (secondary N) is 1. The third-order valence-corrected chi connectivity index (χ3v) is 5.60. The summed E-state index contributed by atoms with van der Waals surface area (Å²) in [6.45, 7) is 2.62. The second-order valence-corrected chi connectivity index (χ2v) is 7.52. The molecule has 2 atom stereocenters. The highest BCUT2D eigenvalue weighted by Crippen LogP contribution is 2.31. The molecule has 0 spiro atoms. The number of nitrogens with zero attached hydrogens (tertiary/aromatic N) is 1. The zero-order valence-corrected chi connectivity index (χ0v) is 15.5. The number of carbonyl (C=O) groups excluding carboxylic acids is 2. The lowest BCUT2D eigenvalue weighted by Crippen LogP contribution is -2.49. The average molecular weight is 385 g/mol. The Hall–Kier alpha value is -1.30. The predicted octanol–water partition coefficient (Wildman–Crippen LogP) is 4.12. The SMILES string of the molecule is O=C(NC(=O)c1ccc(Cl)cc1Cl)OCC1CCCN2CCCCC12. The summed E-state index contributed by atoms with van der Waals surface area (Å²) < 4.78 is 5.32. The van der Waals surface area contributed by atoms with Crippen molar-refractivity contribution in [2.45, 2.75) is 38.1 Å². The van der Waals surface area contributed by atoms with Gasteiger partial charge >= 0.3 is 6.09 Å². The minimum atomic E-state index is -0.732. The molecular formula is C18H22Cl2N2O3. The molecule has 0 saturated carbocycles. The number of hydrogen-bond donors (Lipinski definition) is 1. The van der Waals surface area contributed by atoms with E-state index in [9.17, 15) is 9.59 Å². The normalized spacial score (nSPS) is 23.6. The summed E-state index contributed by atoms with van der Waals surface area (Å²) in [6, 6.07) is 4.99. The Bertz CT molecular complexity index is 651. The maximum Gasteiger partial charge on any atom is 0.414 e. The first-order valence-corrected chi connectivity index (χ1v) is 9.47. The Morgan fingerprint density at radius 3 is 2.76 bits per heavy atom. The maximum absolute atomic E-state index is 12.1. The quantitative estimate of drug-likeness (QED) is 0.850. The van der Waals surface area contributed by atoms with Gasteiger partial charge in [0.2, 0.25) is 0 Å². The number of fused-ring (bicyclic) bond motifs is 1.